The Morgan fingerprint density at radius 3 is 2.46 bits per heavy atom. The molecule has 2 N–H and O–H groups in total. The van der Waals surface area contributed by atoms with Gasteiger partial charge in [0, 0.05) is 11.9 Å². The molecule has 0 saturated carbocycles. The van der Waals surface area contributed by atoms with E-state index in [-0.39, 0.29) is 18.9 Å². The number of aromatic nitrogens is 1. The zero-order valence-electron chi connectivity index (χ0n) is 14.6. The molecule has 0 aliphatic heterocycles. The summed E-state index contributed by atoms with van der Waals surface area (Å²) >= 11 is 0. The molecule has 0 fully saturated rings. The van der Waals surface area contributed by atoms with Crippen LogP contribution in [-0.4, -0.2) is 36.2 Å². The smallest absolute Gasteiger partial charge is 0.277 e. The van der Waals surface area contributed by atoms with Crippen LogP contribution < -0.4 is 20.2 Å². The summed E-state index contributed by atoms with van der Waals surface area (Å²) in [6, 6.07) is 12.1. The van der Waals surface area contributed by atoms with Crippen molar-refractivity contribution in [3.05, 3.63) is 48.7 Å². The Labute approximate surface area is 151 Å². The Morgan fingerprint density at radius 1 is 1.08 bits per heavy atom. The van der Waals surface area contributed by atoms with Crippen LogP contribution in [0.4, 0.5) is 5.82 Å². The molecule has 0 aliphatic carbocycles. The molecule has 136 valence electrons. The molecule has 0 bridgehead atoms. The highest BCUT2D eigenvalue weighted by molar-refractivity contribution is 6.05. The van der Waals surface area contributed by atoms with Crippen molar-refractivity contribution in [2.75, 3.05) is 19.0 Å². The highest BCUT2D eigenvalue weighted by Crippen LogP contribution is 2.16. The van der Waals surface area contributed by atoms with Crippen LogP contribution in [0, 0.1) is 0 Å². The molecule has 0 aliphatic rings. The first-order chi connectivity index (χ1) is 12.6. The first-order valence-corrected chi connectivity index (χ1v) is 7.86. The molecule has 2 amide bonds. The van der Waals surface area contributed by atoms with Crippen molar-refractivity contribution in [2.45, 2.75) is 13.3 Å². The Morgan fingerprint density at radius 2 is 1.81 bits per heavy atom. The van der Waals surface area contributed by atoms with E-state index in [1.54, 1.807) is 62.7 Å². The third-order valence-electron chi connectivity index (χ3n) is 3.15. The van der Waals surface area contributed by atoms with Gasteiger partial charge >= 0.3 is 0 Å². The summed E-state index contributed by atoms with van der Waals surface area (Å²) < 4.78 is 10.4. The van der Waals surface area contributed by atoms with Gasteiger partial charge in [0.05, 0.1) is 13.5 Å². The minimum atomic E-state index is -0.426. The number of rotatable bonds is 8. The van der Waals surface area contributed by atoms with E-state index < -0.39 is 5.91 Å². The van der Waals surface area contributed by atoms with Crippen LogP contribution in [-0.2, 0) is 9.59 Å². The van der Waals surface area contributed by atoms with E-state index in [0.29, 0.717) is 23.0 Å². The van der Waals surface area contributed by atoms with Gasteiger partial charge in [0.1, 0.15) is 17.3 Å². The van der Waals surface area contributed by atoms with Crippen molar-refractivity contribution in [2.24, 2.45) is 5.10 Å². The number of nitrogens with one attached hydrogen (secondary N) is 2. The summed E-state index contributed by atoms with van der Waals surface area (Å²) in [4.78, 5) is 27.6. The van der Waals surface area contributed by atoms with Crippen molar-refractivity contribution < 1.29 is 19.1 Å². The number of ether oxygens (including phenoxy) is 2. The maximum atomic E-state index is 11.9. The van der Waals surface area contributed by atoms with E-state index in [1.807, 2.05) is 0 Å². The van der Waals surface area contributed by atoms with E-state index in [2.05, 4.69) is 20.8 Å². The van der Waals surface area contributed by atoms with E-state index in [0.717, 1.165) is 0 Å². The van der Waals surface area contributed by atoms with Crippen LogP contribution in [0.15, 0.2) is 53.8 Å². The van der Waals surface area contributed by atoms with Crippen molar-refractivity contribution in [3.8, 4) is 11.5 Å². The maximum Gasteiger partial charge on any atom is 0.277 e. The molecule has 0 saturated heterocycles. The molecule has 0 atom stereocenters. The molecular weight excluding hydrogens is 336 g/mol. The molecule has 2 aromatic rings. The predicted molar refractivity (Wildman–Crippen MR) is 97.2 cm³/mol. The molecule has 1 aromatic heterocycles. The second-order valence-electron chi connectivity index (χ2n) is 5.29. The van der Waals surface area contributed by atoms with Crippen LogP contribution >= 0.6 is 0 Å². The topological polar surface area (TPSA) is 102 Å². The summed E-state index contributed by atoms with van der Waals surface area (Å²) in [5.74, 6) is 1.00. The van der Waals surface area contributed by atoms with Gasteiger partial charge in [-0.3, -0.25) is 9.59 Å². The standard InChI is InChI=1S/C18H20N4O4/c1-13(11-17(23)20-16-5-3-4-10-19-16)21-22-18(24)12-26-15-8-6-14(25-2)7-9-15/h3-10H,11-12H2,1-2H3,(H,22,24)(H,19,20,23)/b21-13-. The van der Waals surface area contributed by atoms with Gasteiger partial charge < -0.3 is 14.8 Å². The summed E-state index contributed by atoms with van der Waals surface area (Å²) in [5, 5.41) is 6.52. The summed E-state index contributed by atoms with van der Waals surface area (Å²) in [6.45, 7) is 1.45. The van der Waals surface area contributed by atoms with Gasteiger partial charge in [0.25, 0.3) is 5.91 Å². The average molecular weight is 356 g/mol. The van der Waals surface area contributed by atoms with Crippen LogP contribution in [0.3, 0.4) is 0 Å². The fourth-order valence-corrected chi connectivity index (χ4v) is 1.91. The number of anilines is 1. The van der Waals surface area contributed by atoms with Crippen LogP contribution in [0.5, 0.6) is 11.5 Å². The number of carbonyl (C=O) groups is 2. The lowest BCUT2D eigenvalue weighted by Crippen LogP contribution is -2.26. The van der Waals surface area contributed by atoms with Gasteiger partial charge in [-0.05, 0) is 43.3 Å². The Kier molecular flexibility index (Phi) is 7.11. The quantitative estimate of drug-likeness (QED) is 0.556. The van der Waals surface area contributed by atoms with E-state index in [1.165, 1.54) is 0 Å². The molecule has 1 heterocycles. The van der Waals surface area contributed by atoms with E-state index in [4.69, 9.17) is 9.47 Å². The van der Waals surface area contributed by atoms with Gasteiger partial charge in [-0.2, -0.15) is 5.10 Å². The molecule has 0 spiro atoms. The number of hydrazone groups is 1. The maximum absolute atomic E-state index is 11.9. The van der Waals surface area contributed by atoms with E-state index in [9.17, 15) is 9.59 Å². The molecule has 26 heavy (non-hydrogen) atoms. The number of amides is 2. The van der Waals surface area contributed by atoms with Crippen molar-refractivity contribution in [3.63, 3.8) is 0 Å². The summed E-state index contributed by atoms with van der Waals surface area (Å²) in [5.41, 5.74) is 2.80. The molecule has 1 aromatic carbocycles. The monoisotopic (exact) mass is 356 g/mol. The highest BCUT2D eigenvalue weighted by atomic mass is 16.5. The fourth-order valence-electron chi connectivity index (χ4n) is 1.91. The molecular formula is C18H20N4O4. The molecule has 0 unspecified atom stereocenters. The summed E-state index contributed by atoms with van der Waals surface area (Å²) in [7, 11) is 1.57. The number of hydrogen-bond acceptors (Lipinski definition) is 6. The van der Waals surface area contributed by atoms with E-state index >= 15 is 0 Å². The number of methoxy groups -OCH3 is 1. The van der Waals surface area contributed by atoms with Gasteiger partial charge in [0.2, 0.25) is 5.91 Å². The van der Waals surface area contributed by atoms with Gasteiger partial charge in [0.15, 0.2) is 6.61 Å². The minimum absolute atomic E-state index is 0.0379. The van der Waals surface area contributed by atoms with Gasteiger partial charge in [-0.15, -0.1) is 0 Å². The van der Waals surface area contributed by atoms with Crippen LogP contribution in [0.2, 0.25) is 0 Å². The SMILES string of the molecule is COc1ccc(OCC(=O)N/N=C(/C)CC(=O)Nc2ccccn2)cc1. The normalized spacial score (nSPS) is 10.8. The Balaban J connectivity index is 1.72. The van der Waals surface area contributed by atoms with Crippen LogP contribution in [0.1, 0.15) is 13.3 Å². The average Bonchev–Trinajstić information content (AvgIpc) is 2.65. The number of benzene rings is 1. The molecule has 2 rings (SSSR count). The first kappa shape index (κ1) is 18.9. The first-order valence-electron chi connectivity index (χ1n) is 7.86. The zero-order chi connectivity index (χ0) is 18.8. The minimum Gasteiger partial charge on any atom is -0.497 e. The summed E-state index contributed by atoms with van der Waals surface area (Å²) in [6.07, 6.45) is 1.62. The largest absolute Gasteiger partial charge is 0.497 e. The molecule has 0 radical (unpaired) electrons. The number of carbonyl (C=O) groups excluding carboxylic acids is 2. The number of hydrogen-bond donors (Lipinski definition) is 2. The van der Waals surface area contributed by atoms with Gasteiger partial charge in [-0.1, -0.05) is 6.07 Å². The Bertz CT molecular complexity index is 761. The van der Waals surface area contributed by atoms with Crippen molar-refractivity contribution in [1.82, 2.24) is 10.4 Å². The van der Waals surface area contributed by atoms with Gasteiger partial charge in [-0.25, -0.2) is 10.4 Å². The second kappa shape index (κ2) is 9.77. The third-order valence-corrected chi connectivity index (χ3v) is 3.15. The highest BCUT2D eigenvalue weighted by Gasteiger charge is 2.06. The molecule has 8 heteroatoms. The zero-order valence-corrected chi connectivity index (χ0v) is 14.6. The Hall–Kier alpha value is -3.42. The van der Waals surface area contributed by atoms with Crippen molar-refractivity contribution in [1.29, 1.82) is 0 Å². The fraction of sp³-hybridized carbons (Fsp3) is 0.222. The molecule has 8 nitrogen and oxygen atoms in total. The predicted octanol–water partition coefficient (Wildman–Crippen LogP) is 1.99. The lowest BCUT2D eigenvalue weighted by Gasteiger charge is -2.07. The number of pyridine rings is 1. The third kappa shape index (κ3) is 6.60. The van der Waals surface area contributed by atoms with Crippen molar-refractivity contribution >= 4 is 23.3 Å². The lowest BCUT2D eigenvalue weighted by atomic mass is 10.3. The number of nitrogens with zero attached hydrogens (tertiary/aromatic N) is 2. The second-order valence-corrected chi connectivity index (χ2v) is 5.29. The lowest BCUT2D eigenvalue weighted by molar-refractivity contribution is -0.123. The van der Waals surface area contributed by atoms with Crippen LogP contribution in [0.25, 0.3) is 0 Å².